The second-order valence-electron chi connectivity index (χ2n) is 3.73. The monoisotopic (exact) mass is 187 g/mol. The summed E-state index contributed by atoms with van der Waals surface area (Å²) in [4.78, 5) is 11.3. The van der Waals surface area contributed by atoms with Crippen molar-refractivity contribution in [3.05, 3.63) is 0 Å². The van der Waals surface area contributed by atoms with Gasteiger partial charge >= 0.3 is 0 Å². The van der Waals surface area contributed by atoms with E-state index in [-0.39, 0.29) is 10.7 Å². The molecule has 0 aromatic carbocycles. The molecule has 0 radical (unpaired) electrons. The van der Waals surface area contributed by atoms with Crippen molar-refractivity contribution in [2.75, 3.05) is 0 Å². The molecule has 1 amide bonds. The third kappa shape index (κ3) is 2.16. The quantitative estimate of drug-likeness (QED) is 0.733. The Morgan fingerprint density at radius 1 is 1.58 bits per heavy atom. The summed E-state index contributed by atoms with van der Waals surface area (Å²) in [5, 5.41) is 3.36. The maximum Gasteiger partial charge on any atom is 0.236 e. The molecule has 0 aromatic heterocycles. The van der Waals surface area contributed by atoms with Crippen LogP contribution in [0.3, 0.4) is 0 Å². The van der Waals surface area contributed by atoms with E-state index in [9.17, 15) is 4.79 Å². The molecule has 1 fully saturated rings. The summed E-state index contributed by atoms with van der Waals surface area (Å²) in [7, 11) is 0. The van der Waals surface area contributed by atoms with Crippen molar-refractivity contribution in [1.82, 2.24) is 5.32 Å². The van der Waals surface area contributed by atoms with E-state index in [1.54, 1.807) is 11.8 Å². The van der Waals surface area contributed by atoms with Gasteiger partial charge in [-0.2, -0.15) is 0 Å². The molecule has 1 heterocycles. The second kappa shape index (κ2) is 3.69. The van der Waals surface area contributed by atoms with Gasteiger partial charge in [0.1, 0.15) is 0 Å². The minimum Gasteiger partial charge on any atom is -0.343 e. The van der Waals surface area contributed by atoms with Gasteiger partial charge in [0.05, 0.1) is 10.1 Å². The standard InChI is InChI=1S/C9H17NOS/c1-4-5-6-7-10-8(11)9(2,3)12-7/h7H,4-6H2,1-3H3,(H,10,11). The predicted octanol–water partition coefficient (Wildman–Crippen LogP) is 2.14. The van der Waals surface area contributed by atoms with Crippen molar-refractivity contribution < 1.29 is 4.79 Å². The Labute approximate surface area is 78.5 Å². The molecular weight excluding hydrogens is 170 g/mol. The summed E-state index contributed by atoms with van der Waals surface area (Å²) < 4.78 is -0.210. The highest BCUT2D eigenvalue weighted by molar-refractivity contribution is 8.02. The molecule has 3 heteroatoms. The summed E-state index contributed by atoms with van der Waals surface area (Å²) in [5.41, 5.74) is 0. The maximum atomic E-state index is 11.3. The van der Waals surface area contributed by atoms with E-state index < -0.39 is 0 Å². The molecule has 0 saturated carbocycles. The van der Waals surface area contributed by atoms with Crippen LogP contribution < -0.4 is 5.32 Å². The second-order valence-corrected chi connectivity index (χ2v) is 5.56. The molecule has 0 bridgehead atoms. The third-order valence-electron chi connectivity index (χ3n) is 2.10. The van der Waals surface area contributed by atoms with Crippen LogP contribution in [0.15, 0.2) is 0 Å². The zero-order valence-corrected chi connectivity index (χ0v) is 8.83. The molecule has 1 aliphatic heterocycles. The van der Waals surface area contributed by atoms with Crippen molar-refractivity contribution in [3.63, 3.8) is 0 Å². The van der Waals surface area contributed by atoms with E-state index in [4.69, 9.17) is 0 Å². The minimum atomic E-state index is -0.210. The van der Waals surface area contributed by atoms with Gasteiger partial charge in [0, 0.05) is 0 Å². The molecule has 1 saturated heterocycles. The zero-order chi connectivity index (χ0) is 9.19. The SMILES string of the molecule is CCCCC1NC(=O)C(C)(C)S1. The van der Waals surface area contributed by atoms with Crippen LogP contribution in [-0.2, 0) is 4.79 Å². The number of thioether (sulfide) groups is 1. The molecule has 1 atom stereocenters. The number of amides is 1. The lowest BCUT2D eigenvalue weighted by Crippen LogP contribution is -2.31. The molecule has 1 aliphatic rings. The highest BCUT2D eigenvalue weighted by Gasteiger charge is 2.38. The van der Waals surface area contributed by atoms with Crippen LogP contribution in [0.1, 0.15) is 40.0 Å². The van der Waals surface area contributed by atoms with E-state index in [1.807, 2.05) is 13.8 Å². The van der Waals surface area contributed by atoms with Crippen LogP contribution >= 0.6 is 11.8 Å². The first-order chi connectivity index (χ1) is 5.56. The summed E-state index contributed by atoms with van der Waals surface area (Å²) in [5.74, 6) is 0.189. The molecule has 1 rings (SSSR count). The molecule has 1 N–H and O–H groups in total. The number of hydrogen-bond acceptors (Lipinski definition) is 2. The Hall–Kier alpha value is -0.180. The van der Waals surface area contributed by atoms with Gasteiger partial charge in [0.2, 0.25) is 5.91 Å². The van der Waals surface area contributed by atoms with Gasteiger partial charge in [0.15, 0.2) is 0 Å². The van der Waals surface area contributed by atoms with Crippen LogP contribution in [0.4, 0.5) is 0 Å². The summed E-state index contributed by atoms with van der Waals surface area (Å²) >= 11 is 1.76. The first-order valence-corrected chi connectivity index (χ1v) is 5.43. The normalized spacial score (nSPS) is 27.2. The molecule has 0 aromatic rings. The van der Waals surface area contributed by atoms with Crippen LogP contribution in [-0.4, -0.2) is 16.0 Å². The van der Waals surface area contributed by atoms with Gasteiger partial charge in [-0.25, -0.2) is 0 Å². The van der Waals surface area contributed by atoms with Crippen LogP contribution in [0.25, 0.3) is 0 Å². The third-order valence-corrected chi connectivity index (χ3v) is 3.51. The Morgan fingerprint density at radius 3 is 2.67 bits per heavy atom. The highest BCUT2D eigenvalue weighted by Crippen LogP contribution is 2.35. The fourth-order valence-corrected chi connectivity index (χ4v) is 2.61. The van der Waals surface area contributed by atoms with Gasteiger partial charge in [-0.15, -0.1) is 11.8 Å². The predicted molar refractivity (Wildman–Crippen MR) is 53.1 cm³/mol. The van der Waals surface area contributed by atoms with Crippen molar-refractivity contribution in [1.29, 1.82) is 0 Å². The number of carbonyl (C=O) groups excluding carboxylic acids is 1. The average molecular weight is 187 g/mol. The molecule has 1 unspecified atom stereocenters. The largest absolute Gasteiger partial charge is 0.343 e. The number of carbonyl (C=O) groups is 1. The van der Waals surface area contributed by atoms with Crippen LogP contribution in [0, 0.1) is 0 Å². The van der Waals surface area contributed by atoms with Gasteiger partial charge in [0.25, 0.3) is 0 Å². The summed E-state index contributed by atoms with van der Waals surface area (Å²) in [6.45, 7) is 6.14. The lowest BCUT2D eigenvalue weighted by atomic mass is 10.2. The maximum absolute atomic E-state index is 11.3. The molecular formula is C9H17NOS. The number of nitrogens with one attached hydrogen (secondary N) is 1. The van der Waals surface area contributed by atoms with Crippen molar-refractivity contribution in [2.45, 2.75) is 50.2 Å². The first-order valence-electron chi connectivity index (χ1n) is 4.55. The highest BCUT2D eigenvalue weighted by atomic mass is 32.2. The van der Waals surface area contributed by atoms with E-state index in [0.29, 0.717) is 5.37 Å². The Balaban J connectivity index is 2.39. The van der Waals surface area contributed by atoms with E-state index in [2.05, 4.69) is 12.2 Å². The van der Waals surface area contributed by atoms with E-state index >= 15 is 0 Å². The van der Waals surface area contributed by atoms with Gasteiger partial charge in [-0.1, -0.05) is 19.8 Å². The average Bonchev–Trinajstić information content (AvgIpc) is 2.22. The lowest BCUT2D eigenvalue weighted by Gasteiger charge is -2.12. The Morgan fingerprint density at radius 2 is 2.25 bits per heavy atom. The minimum absolute atomic E-state index is 0.189. The fourth-order valence-electron chi connectivity index (χ4n) is 1.28. The molecule has 12 heavy (non-hydrogen) atoms. The molecule has 70 valence electrons. The van der Waals surface area contributed by atoms with Crippen LogP contribution in [0.2, 0.25) is 0 Å². The van der Waals surface area contributed by atoms with Crippen LogP contribution in [0.5, 0.6) is 0 Å². The van der Waals surface area contributed by atoms with E-state index in [1.165, 1.54) is 12.8 Å². The van der Waals surface area contributed by atoms with Gasteiger partial charge < -0.3 is 5.32 Å². The number of hydrogen-bond donors (Lipinski definition) is 1. The van der Waals surface area contributed by atoms with Crippen molar-refractivity contribution >= 4 is 17.7 Å². The number of rotatable bonds is 3. The zero-order valence-electron chi connectivity index (χ0n) is 8.02. The first kappa shape index (κ1) is 9.90. The molecule has 0 spiro atoms. The number of unbranched alkanes of at least 4 members (excludes halogenated alkanes) is 1. The topological polar surface area (TPSA) is 29.1 Å². The van der Waals surface area contributed by atoms with Gasteiger partial charge in [-0.3, -0.25) is 4.79 Å². The summed E-state index contributed by atoms with van der Waals surface area (Å²) in [6, 6.07) is 0. The van der Waals surface area contributed by atoms with E-state index in [0.717, 1.165) is 6.42 Å². The summed E-state index contributed by atoms with van der Waals surface area (Å²) in [6.07, 6.45) is 3.51. The molecule has 0 aliphatic carbocycles. The van der Waals surface area contributed by atoms with Gasteiger partial charge in [-0.05, 0) is 20.3 Å². The Kier molecular flexibility index (Phi) is 3.04. The van der Waals surface area contributed by atoms with Crippen molar-refractivity contribution in [2.24, 2.45) is 0 Å². The smallest absolute Gasteiger partial charge is 0.236 e. The lowest BCUT2D eigenvalue weighted by molar-refractivity contribution is -0.122. The Bertz CT molecular complexity index is 179. The molecule has 2 nitrogen and oxygen atoms in total. The fraction of sp³-hybridized carbons (Fsp3) is 0.889. The van der Waals surface area contributed by atoms with Crippen molar-refractivity contribution in [3.8, 4) is 0 Å².